The predicted molar refractivity (Wildman–Crippen MR) is 119 cm³/mol. The molecule has 1 saturated heterocycles. The molecule has 0 radical (unpaired) electrons. The Morgan fingerprint density at radius 1 is 1.31 bits per heavy atom. The van der Waals surface area contributed by atoms with Gasteiger partial charge in [-0.3, -0.25) is 15.0 Å². The maximum Gasteiger partial charge on any atom is 0.286 e. The number of thioether (sulfide) groups is 1. The van der Waals surface area contributed by atoms with Crippen LogP contribution in [0.25, 0.3) is 10.9 Å². The number of amides is 2. The second-order valence-corrected chi connectivity index (χ2v) is 11.6. The maximum atomic E-state index is 13.2. The van der Waals surface area contributed by atoms with Crippen LogP contribution in [-0.4, -0.2) is 31.9 Å². The predicted octanol–water partition coefficient (Wildman–Crippen LogP) is 5.28. The zero-order chi connectivity index (χ0) is 21.1. The van der Waals surface area contributed by atoms with E-state index in [4.69, 9.17) is 11.6 Å². The first-order chi connectivity index (χ1) is 13.5. The number of benzene rings is 1. The number of rotatable bonds is 2. The molecule has 156 valence electrons. The van der Waals surface area contributed by atoms with Crippen molar-refractivity contribution in [2.75, 3.05) is 0 Å². The van der Waals surface area contributed by atoms with Crippen LogP contribution in [0.1, 0.15) is 63.0 Å². The Labute approximate surface area is 180 Å². The molecule has 1 saturated carbocycles. The molecule has 0 bridgehead atoms. The monoisotopic (exact) mass is 433 g/mol. The second kappa shape index (κ2) is 6.95. The van der Waals surface area contributed by atoms with Gasteiger partial charge in [-0.15, -0.1) is 11.8 Å². The molecule has 29 heavy (non-hydrogen) atoms. The number of nitrogens with one attached hydrogen (secondary N) is 2. The van der Waals surface area contributed by atoms with E-state index in [0.29, 0.717) is 16.6 Å². The molecule has 7 heteroatoms. The number of H-pyrrole nitrogens is 1. The minimum Gasteiger partial charge on any atom is -0.350 e. The van der Waals surface area contributed by atoms with E-state index in [0.717, 1.165) is 35.7 Å². The Bertz CT molecular complexity index is 1000. The van der Waals surface area contributed by atoms with Crippen LogP contribution in [0.2, 0.25) is 5.02 Å². The van der Waals surface area contributed by atoms with E-state index in [9.17, 15) is 9.59 Å². The van der Waals surface area contributed by atoms with Gasteiger partial charge in [0, 0.05) is 15.9 Å². The van der Waals surface area contributed by atoms with Gasteiger partial charge < -0.3 is 4.98 Å². The molecule has 2 fully saturated rings. The van der Waals surface area contributed by atoms with Gasteiger partial charge >= 0.3 is 0 Å². The van der Waals surface area contributed by atoms with Crippen molar-refractivity contribution in [2.24, 2.45) is 11.3 Å². The fourth-order valence-corrected chi connectivity index (χ4v) is 7.50. The van der Waals surface area contributed by atoms with Gasteiger partial charge in [0.05, 0.1) is 5.25 Å². The number of fused-ring (bicyclic) bond motifs is 1. The van der Waals surface area contributed by atoms with Gasteiger partial charge in [-0.25, -0.2) is 5.01 Å². The summed E-state index contributed by atoms with van der Waals surface area (Å²) < 4.78 is 0. The van der Waals surface area contributed by atoms with Gasteiger partial charge in [0.25, 0.3) is 11.8 Å². The van der Waals surface area contributed by atoms with Crippen LogP contribution in [-0.2, 0) is 4.79 Å². The van der Waals surface area contributed by atoms with Gasteiger partial charge in [-0.1, -0.05) is 32.4 Å². The smallest absolute Gasteiger partial charge is 0.286 e. The van der Waals surface area contributed by atoms with Crippen molar-refractivity contribution in [3.05, 3.63) is 34.5 Å². The van der Waals surface area contributed by atoms with Crippen molar-refractivity contribution in [1.82, 2.24) is 15.4 Å². The summed E-state index contributed by atoms with van der Waals surface area (Å²) in [5, 5.41) is 3.02. The summed E-state index contributed by atoms with van der Waals surface area (Å²) in [6.45, 7) is 10.6. The first-order valence-corrected chi connectivity index (χ1v) is 11.4. The highest BCUT2D eigenvalue weighted by Gasteiger charge is 2.56. The molecular weight excluding hydrogens is 406 g/mol. The van der Waals surface area contributed by atoms with Crippen molar-refractivity contribution in [3.63, 3.8) is 0 Å². The maximum absolute atomic E-state index is 13.2. The normalized spacial score (nSPS) is 29.0. The van der Waals surface area contributed by atoms with Crippen LogP contribution < -0.4 is 5.43 Å². The molecule has 1 aromatic carbocycles. The zero-order valence-corrected chi connectivity index (χ0v) is 19.1. The lowest BCUT2D eigenvalue weighted by molar-refractivity contribution is -0.137. The highest BCUT2D eigenvalue weighted by Crippen LogP contribution is 2.55. The third-order valence-electron chi connectivity index (χ3n) is 6.16. The molecule has 1 aliphatic heterocycles. The molecule has 2 heterocycles. The van der Waals surface area contributed by atoms with E-state index in [1.165, 1.54) is 0 Å². The molecule has 1 spiro atoms. The largest absolute Gasteiger partial charge is 0.350 e. The Morgan fingerprint density at radius 2 is 2.03 bits per heavy atom. The molecule has 2 aromatic rings. The number of halogens is 1. The topological polar surface area (TPSA) is 65.2 Å². The lowest BCUT2D eigenvalue weighted by Gasteiger charge is -2.48. The van der Waals surface area contributed by atoms with E-state index < -0.39 is 4.87 Å². The lowest BCUT2D eigenvalue weighted by atomic mass is 9.70. The SMILES string of the molecule is Cc1c(C(=O)NN2C(=O)C(C)SC23CC(C)CC(C)(C)C3)[nH]c2ccc(Cl)cc12. The first-order valence-electron chi connectivity index (χ1n) is 10.1. The molecule has 1 aromatic heterocycles. The third kappa shape index (κ3) is 3.55. The van der Waals surface area contributed by atoms with Crippen LogP contribution in [0.3, 0.4) is 0 Å². The molecule has 2 aliphatic rings. The van der Waals surface area contributed by atoms with Crippen LogP contribution in [0.15, 0.2) is 18.2 Å². The summed E-state index contributed by atoms with van der Waals surface area (Å²) in [6, 6.07) is 5.52. The van der Waals surface area contributed by atoms with Crippen molar-refractivity contribution >= 4 is 46.1 Å². The molecule has 3 atom stereocenters. The second-order valence-electron chi connectivity index (χ2n) is 9.49. The van der Waals surface area contributed by atoms with Crippen molar-refractivity contribution in [1.29, 1.82) is 0 Å². The standard InChI is InChI=1S/C22H28ClN3O2S/c1-12-9-21(4,5)11-22(10-12)26(20(28)14(3)29-22)25-19(27)18-13(2)16-8-15(23)6-7-17(16)24-18/h6-8,12,14,24H,9-11H2,1-5H3,(H,25,27). The van der Waals surface area contributed by atoms with Crippen LogP contribution in [0.4, 0.5) is 0 Å². The minimum atomic E-state index is -0.392. The lowest BCUT2D eigenvalue weighted by Crippen LogP contribution is -2.58. The van der Waals surface area contributed by atoms with E-state index >= 15 is 0 Å². The van der Waals surface area contributed by atoms with Gasteiger partial charge in [-0.2, -0.15) is 0 Å². The molecule has 3 unspecified atom stereocenters. The Kier molecular flexibility index (Phi) is 4.94. The van der Waals surface area contributed by atoms with Crippen LogP contribution in [0.5, 0.6) is 0 Å². The van der Waals surface area contributed by atoms with Crippen molar-refractivity contribution in [2.45, 2.75) is 64.0 Å². The van der Waals surface area contributed by atoms with E-state index in [1.807, 2.05) is 26.0 Å². The minimum absolute atomic E-state index is 0.0231. The molecule has 5 nitrogen and oxygen atoms in total. The molecule has 1 aliphatic carbocycles. The molecule has 2 N–H and O–H groups in total. The Morgan fingerprint density at radius 3 is 2.72 bits per heavy atom. The van der Waals surface area contributed by atoms with Gasteiger partial charge in [0.2, 0.25) is 0 Å². The number of aryl methyl sites for hydroxylation is 1. The number of aromatic nitrogens is 1. The van der Waals surface area contributed by atoms with Gasteiger partial charge in [0.15, 0.2) is 0 Å². The summed E-state index contributed by atoms with van der Waals surface area (Å²) in [6.07, 6.45) is 2.88. The third-order valence-corrected chi connectivity index (χ3v) is 7.88. The van der Waals surface area contributed by atoms with E-state index in [1.54, 1.807) is 22.8 Å². The summed E-state index contributed by atoms with van der Waals surface area (Å²) >= 11 is 7.81. The van der Waals surface area contributed by atoms with Crippen LogP contribution in [0, 0.1) is 18.3 Å². The molecule has 2 amide bonds. The fraction of sp³-hybridized carbons (Fsp3) is 0.545. The van der Waals surface area contributed by atoms with Gasteiger partial charge in [-0.05, 0) is 68.2 Å². The number of carbonyl (C=O) groups excluding carboxylic acids is 2. The van der Waals surface area contributed by atoms with Gasteiger partial charge in [0.1, 0.15) is 10.6 Å². The number of carbonyl (C=O) groups is 2. The number of hydrogen-bond acceptors (Lipinski definition) is 3. The quantitative estimate of drug-likeness (QED) is 0.677. The number of hydrogen-bond donors (Lipinski definition) is 2. The summed E-state index contributed by atoms with van der Waals surface area (Å²) in [5.41, 5.74) is 5.25. The van der Waals surface area contributed by atoms with Crippen LogP contribution >= 0.6 is 23.4 Å². The van der Waals surface area contributed by atoms with E-state index in [2.05, 4.69) is 31.2 Å². The highest BCUT2D eigenvalue weighted by molar-refractivity contribution is 8.02. The average Bonchev–Trinajstić information content (AvgIpc) is 3.03. The zero-order valence-electron chi connectivity index (χ0n) is 17.6. The number of hydrazine groups is 1. The Hall–Kier alpha value is -1.66. The molecule has 4 rings (SSSR count). The fourth-order valence-electron chi connectivity index (χ4n) is 5.37. The van der Waals surface area contributed by atoms with E-state index in [-0.39, 0.29) is 22.5 Å². The first kappa shape index (κ1) is 20.6. The summed E-state index contributed by atoms with van der Waals surface area (Å²) in [4.78, 5) is 29.0. The average molecular weight is 434 g/mol. The van der Waals surface area contributed by atoms with Crippen molar-refractivity contribution in [3.8, 4) is 0 Å². The summed E-state index contributed by atoms with van der Waals surface area (Å²) in [5.74, 6) is 0.180. The highest BCUT2D eigenvalue weighted by atomic mass is 35.5. The number of nitrogens with zero attached hydrogens (tertiary/aromatic N) is 1. The Balaban J connectivity index is 1.67. The summed E-state index contributed by atoms with van der Waals surface area (Å²) in [7, 11) is 0. The van der Waals surface area contributed by atoms with Crippen molar-refractivity contribution < 1.29 is 9.59 Å². The molecular formula is C22H28ClN3O2S. The number of aromatic amines is 1.